The molecule has 1 fully saturated rings. The minimum Gasteiger partial charge on any atom is -0.353 e. The topological polar surface area (TPSA) is 54.3 Å². The van der Waals surface area contributed by atoms with E-state index in [9.17, 15) is 8.42 Å². The van der Waals surface area contributed by atoms with Gasteiger partial charge in [-0.3, -0.25) is 4.90 Å². The molecule has 102 valence electrons. The third-order valence-corrected chi connectivity index (χ3v) is 5.40. The molecule has 0 bridgehead atoms. The molecule has 1 aromatic rings. The number of rotatable bonds is 5. The van der Waals surface area contributed by atoms with Gasteiger partial charge >= 0.3 is 0 Å². The second kappa shape index (κ2) is 5.42. The quantitative estimate of drug-likeness (QED) is 0.850. The van der Waals surface area contributed by atoms with E-state index in [2.05, 4.69) is 20.3 Å². The second-order valence-electron chi connectivity index (χ2n) is 4.80. The highest BCUT2D eigenvalue weighted by atomic mass is 32.2. The molecule has 1 unspecified atom stereocenters. The second-order valence-corrected chi connectivity index (χ2v) is 6.84. The summed E-state index contributed by atoms with van der Waals surface area (Å²) in [5.74, 6) is 0. The lowest BCUT2D eigenvalue weighted by atomic mass is 10.4. The van der Waals surface area contributed by atoms with Crippen LogP contribution in [0.2, 0.25) is 0 Å². The molecular formula is C12H21N3O2S. The number of hydrogen-bond donors (Lipinski definition) is 1. The maximum atomic E-state index is 11.9. The molecule has 1 aromatic heterocycles. The number of hydrogen-bond acceptors (Lipinski definition) is 3. The van der Waals surface area contributed by atoms with E-state index in [1.807, 2.05) is 26.2 Å². The van der Waals surface area contributed by atoms with E-state index in [0.717, 1.165) is 19.5 Å². The van der Waals surface area contributed by atoms with Gasteiger partial charge in [0.1, 0.15) is 0 Å². The number of nitrogens with zero attached hydrogens (tertiary/aromatic N) is 2. The molecule has 0 saturated carbocycles. The van der Waals surface area contributed by atoms with Crippen molar-refractivity contribution in [3.05, 3.63) is 24.0 Å². The Morgan fingerprint density at radius 2 is 2.28 bits per heavy atom. The summed E-state index contributed by atoms with van der Waals surface area (Å²) in [5.41, 5.74) is 1.22. The van der Waals surface area contributed by atoms with Gasteiger partial charge in [0.2, 0.25) is 10.0 Å². The average Bonchev–Trinajstić information content (AvgIpc) is 2.90. The molecule has 5 nitrogen and oxygen atoms in total. The SMILES string of the molecule is CCNS(=O)(=O)C1CCN(Cc2cccn2C)C1. The van der Waals surface area contributed by atoms with Crippen LogP contribution >= 0.6 is 0 Å². The van der Waals surface area contributed by atoms with Gasteiger partial charge in [-0.1, -0.05) is 6.92 Å². The largest absolute Gasteiger partial charge is 0.353 e. The van der Waals surface area contributed by atoms with Gasteiger partial charge in [0.15, 0.2) is 0 Å². The van der Waals surface area contributed by atoms with Crippen molar-refractivity contribution in [3.63, 3.8) is 0 Å². The van der Waals surface area contributed by atoms with E-state index in [0.29, 0.717) is 13.1 Å². The molecule has 0 aromatic carbocycles. The van der Waals surface area contributed by atoms with E-state index < -0.39 is 10.0 Å². The lowest BCUT2D eigenvalue weighted by Gasteiger charge is -2.16. The number of sulfonamides is 1. The molecule has 18 heavy (non-hydrogen) atoms. The average molecular weight is 271 g/mol. The molecule has 1 atom stereocenters. The maximum Gasteiger partial charge on any atom is 0.215 e. The summed E-state index contributed by atoms with van der Waals surface area (Å²) in [7, 11) is -1.12. The van der Waals surface area contributed by atoms with Crippen LogP contribution in [0.3, 0.4) is 0 Å². The molecule has 0 radical (unpaired) electrons. The lowest BCUT2D eigenvalue weighted by molar-refractivity contribution is 0.323. The zero-order valence-corrected chi connectivity index (χ0v) is 11.8. The summed E-state index contributed by atoms with van der Waals surface area (Å²) in [6, 6.07) is 4.09. The van der Waals surface area contributed by atoms with Gasteiger partial charge in [0.25, 0.3) is 0 Å². The molecule has 0 amide bonds. The summed E-state index contributed by atoms with van der Waals surface area (Å²) in [4.78, 5) is 2.20. The Bertz CT molecular complexity index is 495. The Labute approximate surface area is 109 Å². The van der Waals surface area contributed by atoms with Crippen molar-refractivity contribution in [1.29, 1.82) is 0 Å². The van der Waals surface area contributed by atoms with Crippen LogP contribution in [0.1, 0.15) is 19.0 Å². The lowest BCUT2D eigenvalue weighted by Crippen LogP contribution is -2.36. The fourth-order valence-electron chi connectivity index (χ4n) is 2.40. The Kier molecular flexibility index (Phi) is 4.09. The summed E-state index contributed by atoms with van der Waals surface area (Å²) >= 11 is 0. The van der Waals surface area contributed by atoms with Crippen molar-refractivity contribution < 1.29 is 8.42 Å². The van der Waals surface area contributed by atoms with Crippen molar-refractivity contribution >= 4 is 10.0 Å². The van der Waals surface area contributed by atoms with Crippen molar-refractivity contribution in [3.8, 4) is 0 Å². The van der Waals surface area contributed by atoms with Crippen molar-refractivity contribution in [2.24, 2.45) is 7.05 Å². The number of nitrogens with one attached hydrogen (secondary N) is 1. The molecule has 1 aliphatic heterocycles. The smallest absolute Gasteiger partial charge is 0.215 e. The molecule has 1 saturated heterocycles. The summed E-state index contributed by atoms with van der Waals surface area (Å²) in [6.07, 6.45) is 2.73. The minimum atomic E-state index is -3.13. The monoisotopic (exact) mass is 271 g/mol. The van der Waals surface area contributed by atoms with Crippen LogP contribution in [0.4, 0.5) is 0 Å². The van der Waals surface area contributed by atoms with Gasteiger partial charge in [-0.2, -0.15) is 0 Å². The Hall–Kier alpha value is -0.850. The summed E-state index contributed by atoms with van der Waals surface area (Å²) in [6.45, 7) is 4.58. The normalized spacial score (nSPS) is 21.6. The highest BCUT2D eigenvalue weighted by Crippen LogP contribution is 2.18. The predicted molar refractivity (Wildman–Crippen MR) is 71.7 cm³/mol. The summed E-state index contributed by atoms with van der Waals surface area (Å²) in [5, 5.41) is -0.266. The molecule has 1 aliphatic rings. The fraction of sp³-hybridized carbons (Fsp3) is 0.667. The van der Waals surface area contributed by atoms with Gasteiger partial charge < -0.3 is 4.57 Å². The Balaban J connectivity index is 1.95. The van der Waals surface area contributed by atoms with Crippen LogP contribution in [0.25, 0.3) is 0 Å². The van der Waals surface area contributed by atoms with Crippen molar-refractivity contribution in [2.45, 2.75) is 25.1 Å². The third-order valence-electron chi connectivity index (χ3n) is 3.45. The van der Waals surface area contributed by atoms with Crippen LogP contribution in [-0.4, -0.2) is 42.8 Å². The van der Waals surface area contributed by atoms with E-state index >= 15 is 0 Å². The van der Waals surface area contributed by atoms with Crippen LogP contribution in [-0.2, 0) is 23.6 Å². The number of likely N-dealkylation sites (tertiary alicyclic amines) is 1. The zero-order valence-electron chi connectivity index (χ0n) is 11.0. The van der Waals surface area contributed by atoms with Crippen molar-refractivity contribution in [2.75, 3.05) is 19.6 Å². The number of aromatic nitrogens is 1. The predicted octanol–water partition coefficient (Wildman–Crippen LogP) is 0.539. The van der Waals surface area contributed by atoms with E-state index in [-0.39, 0.29) is 5.25 Å². The van der Waals surface area contributed by atoms with Gasteiger partial charge in [0.05, 0.1) is 5.25 Å². The highest BCUT2D eigenvalue weighted by molar-refractivity contribution is 7.90. The molecule has 6 heteroatoms. The first-order chi connectivity index (χ1) is 8.53. The van der Waals surface area contributed by atoms with Crippen LogP contribution < -0.4 is 4.72 Å². The maximum absolute atomic E-state index is 11.9. The van der Waals surface area contributed by atoms with Crippen molar-refractivity contribution in [1.82, 2.24) is 14.2 Å². The molecular weight excluding hydrogens is 250 g/mol. The molecule has 0 spiro atoms. The molecule has 2 heterocycles. The van der Waals surface area contributed by atoms with Gasteiger partial charge in [0, 0.05) is 38.6 Å². The Morgan fingerprint density at radius 3 is 2.89 bits per heavy atom. The van der Waals surface area contributed by atoms with E-state index in [1.165, 1.54) is 5.69 Å². The van der Waals surface area contributed by atoms with Gasteiger partial charge in [-0.05, 0) is 25.1 Å². The molecule has 0 aliphatic carbocycles. The molecule has 1 N–H and O–H groups in total. The van der Waals surface area contributed by atoms with Gasteiger partial charge in [-0.15, -0.1) is 0 Å². The van der Waals surface area contributed by atoms with Crippen LogP contribution in [0, 0.1) is 0 Å². The minimum absolute atomic E-state index is 0.266. The third kappa shape index (κ3) is 2.93. The first kappa shape index (κ1) is 13.6. The number of aryl methyl sites for hydroxylation is 1. The van der Waals surface area contributed by atoms with E-state index in [1.54, 1.807) is 0 Å². The van der Waals surface area contributed by atoms with E-state index in [4.69, 9.17) is 0 Å². The first-order valence-corrected chi connectivity index (χ1v) is 7.88. The van der Waals surface area contributed by atoms with Crippen LogP contribution in [0.15, 0.2) is 18.3 Å². The first-order valence-electron chi connectivity index (χ1n) is 6.34. The highest BCUT2D eigenvalue weighted by Gasteiger charge is 2.32. The summed E-state index contributed by atoms with van der Waals surface area (Å²) < 4.78 is 28.5. The standard InChI is InChI=1S/C12H21N3O2S/c1-3-13-18(16,17)12-6-8-15(10-12)9-11-5-4-7-14(11)2/h4-5,7,12-13H,3,6,8-10H2,1-2H3. The van der Waals surface area contributed by atoms with Crippen LogP contribution in [0.5, 0.6) is 0 Å². The Morgan fingerprint density at radius 1 is 1.50 bits per heavy atom. The van der Waals surface area contributed by atoms with Gasteiger partial charge in [-0.25, -0.2) is 13.1 Å². The fourth-order valence-corrected chi connectivity index (χ4v) is 3.86. The molecule has 2 rings (SSSR count). The zero-order chi connectivity index (χ0) is 13.2.